The van der Waals surface area contributed by atoms with Crippen molar-refractivity contribution in [3.63, 3.8) is 0 Å². The summed E-state index contributed by atoms with van der Waals surface area (Å²) < 4.78 is 5.12. The molecule has 1 aromatic carbocycles. The summed E-state index contributed by atoms with van der Waals surface area (Å²) in [5.41, 5.74) is 1.04. The molecule has 0 aliphatic carbocycles. The fraction of sp³-hybridized carbons (Fsp3) is 0.353. The third kappa shape index (κ3) is 4.84. The first-order valence-corrected chi connectivity index (χ1v) is 7.85. The Bertz CT molecular complexity index is 674. The van der Waals surface area contributed by atoms with Gasteiger partial charge in [-0.05, 0) is 24.1 Å². The molecular formula is C17H22N4O3. The summed E-state index contributed by atoms with van der Waals surface area (Å²) in [4.78, 5) is 19.7. The first-order chi connectivity index (χ1) is 11.6. The second-order valence-electron chi connectivity index (χ2n) is 5.24. The Morgan fingerprint density at radius 2 is 2.00 bits per heavy atom. The summed E-state index contributed by atoms with van der Waals surface area (Å²) in [5.74, 6) is 0.430. The SMILES string of the molecule is CCCCNc1ncc(C(=O)O)c(NCc2ccc(OC)cc2)n1. The smallest absolute Gasteiger partial charge is 0.341 e. The number of hydrogen-bond acceptors (Lipinski definition) is 6. The molecule has 0 radical (unpaired) electrons. The van der Waals surface area contributed by atoms with Gasteiger partial charge in [-0.15, -0.1) is 0 Å². The Morgan fingerprint density at radius 1 is 1.25 bits per heavy atom. The van der Waals surface area contributed by atoms with Crippen LogP contribution >= 0.6 is 0 Å². The number of carbonyl (C=O) groups is 1. The standard InChI is InChI=1S/C17H22N4O3/c1-3-4-9-18-17-20-11-14(16(22)23)15(21-17)19-10-12-5-7-13(24-2)8-6-12/h5-8,11H,3-4,9-10H2,1-2H3,(H,22,23)(H2,18,19,20,21). The minimum atomic E-state index is -1.06. The van der Waals surface area contributed by atoms with Crippen molar-refractivity contribution in [1.29, 1.82) is 0 Å². The lowest BCUT2D eigenvalue weighted by molar-refractivity contribution is 0.0697. The summed E-state index contributed by atoms with van der Waals surface area (Å²) in [5, 5.41) is 15.4. The summed E-state index contributed by atoms with van der Waals surface area (Å²) in [6, 6.07) is 7.53. The van der Waals surface area contributed by atoms with Crippen LogP contribution in [0.25, 0.3) is 0 Å². The van der Waals surface area contributed by atoms with E-state index in [1.807, 2.05) is 24.3 Å². The summed E-state index contributed by atoms with van der Waals surface area (Å²) in [6.45, 7) is 3.30. The van der Waals surface area contributed by atoms with Crippen molar-refractivity contribution in [2.45, 2.75) is 26.3 Å². The molecule has 0 amide bonds. The van der Waals surface area contributed by atoms with E-state index in [9.17, 15) is 9.90 Å². The van der Waals surface area contributed by atoms with Crippen LogP contribution in [0.3, 0.4) is 0 Å². The molecule has 0 saturated carbocycles. The van der Waals surface area contributed by atoms with Gasteiger partial charge in [-0.25, -0.2) is 9.78 Å². The van der Waals surface area contributed by atoms with Crippen molar-refractivity contribution in [3.8, 4) is 5.75 Å². The van der Waals surface area contributed by atoms with Crippen LogP contribution in [0.1, 0.15) is 35.7 Å². The van der Waals surface area contributed by atoms with Crippen LogP contribution in [0.5, 0.6) is 5.75 Å². The van der Waals surface area contributed by atoms with E-state index in [2.05, 4.69) is 27.5 Å². The molecule has 0 bridgehead atoms. The highest BCUT2D eigenvalue weighted by Gasteiger charge is 2.13. The second-order valence-corrected chi connectivity index (χ2v) is 5.24. The average Bonchev–Trinajstić information content (AvgIpc) is 2.60. The molecular weight excluding hydrogens is 308 g/mol. The molecule has 0 aliphatic heterocycles. The lowest BCUT2D eigenvalue weighted by Gasteiger charge is -2.11. The highest BCUT2D eigenvalue weighted by Crippen LogP contribution is 2.17. The maximum Gasteiger partial charge on any atom is 0.341 e. The van der Waals surface area contributed by atoms with E-state index >= 15 is 0 Å². The number of nitrogens with zero attached hydrogens (tertiary/aromatic N) is 2. The van der Waals surface area contributed by atoms with E-state index in [1.54, 1.807) is 7.11 Å². The molecule has 24 heavy (non-hydrogen) atoms. The first-order valence-electron chi connectivity index (χ1n) is 7.85. The van der Waals surface area contributed by atoms with E-state index < -0.39 is 5.97 Å². The molecule has 7 nitrogen and oxygen atoms in total. The van der Waals surface area contributed by atoms with Gasteiger partial charge < -0.3 is 20.5 Å². The van der Waals surface area contributed by atoms with Gasteiger partial charge in [-0.2, -0.15) is 4.98 Å². The normalized spacial score (nSPS) is 10.2. The van der Waals surface area contributed by atoms with E-state index in [0.29, 0.717) is 18.3 Å². The number of carboxylic acid groups (broad SMARTS) is 1. The van der Waals surface area contributed by atoms with Crippen LogP contribution in [0.2, 0.25) is 0 Å². The third-order valence-corrected chi connectivity index (χ3v) is 3.45. The second kappa shape index (κ2) is 8.71. The van der Waals surface area contributed by atoms with Crippen LogP contribution in [-0.2, 0) is 6.54 Å². The molecule has 0 spiro atoms. The Balaban J connectivity index is 2.09. The molecule has 1 heterocycles. The van der Waals surface area contributed by atoms with E-state index in [-0.39, 0.29) is 5.56 Å². The number of nitrogens with one attached hydrogen (secondary N) is 2. The summed E-state index contributed by atoms with van der Waals surface area (Å²) >= 11 is 0. The van der Waals surface area contributed by atoms with E-state index in [0.717, 1.165) is 30.7 Å². The summed E-state index contributed by atoms with van der Waals surface area (Å²) in [7, 11) is 1.61. The molecule has 128 valence electrons. The topological polar surface area (TPSA) is 96.4 Å². The van der Waals surface area contributed by atoms with Gasteiger partial charge in [-0.3, -0.25) is 0 Å². The molecule has 0 saturated heterocycles. The minimum absolute atomic E-state index is 0.0459. The van der Waals surface area contributed by atoms with Crippen LogP contribution in [0, 0.1) is 0 Å². The number of rotatable bonds is 9. The molecule has 0 fully saturated rings. The number of benzene rings is 1. The van der Waals surface area contributed by atoms with Crippen LogP contribution in [-0.4, -0.2) is 34.7 Å². The monoisotopic (exact) mass is 330 g/mol. The van der Waals surface area contributed by atoms with Gasteiger partial charge in [-0.1, -0.05) is 25.5 Å². The lowest BCUT2D eigenvalue weighted by Crippen LogP contribution is -2.12. The molecule has 0 aliphatic rings. The minimum Gasteiger partial charge on any atom is -0.497 e. The maximum absolute atomic E-state index is 11.3. The average molecular weight is 330 g/mol. The quantitative estimate of drug-likeness (QED) is 0.608. The van der Waals surface area contributed by atoms with Crippen molar-refractivity contribution in [1.82, 2.24) is 9.97 Å². The van der Waals surface area contributed by atoms with Crippen LogP contribution < -0.4 is 15.4 Å². The largest absolute Gasteiger partial charge is 0.497 e. The number of carboxylic acids is 1. The number of methoxy groups -OCH3 is 1. The highest BCUT2D eigenvalue weighted by atomic mass is 16.5. The number of anilines is 2. The molecule has 3 N–H and O–H groups in total. The van der Waals surface area contributed by atoms with Crippen molar-refractivity contribution >= 4 is 17.7 Å². The van der Waals surface area contributed by atoms with Gasteiger partial charge in [0.05, 0.1) is 7.11 Å². The predicted molar refractivity (Wildman–Crippen MR) is 92.7 cm³/mol. The number of hydrogen-bond donors (Lipinski definition) is 3. The van der Waals surface area contributed by atoms with Gasteiger partial charge in [0.2, 0.25) is 5.95 Å². The fourth-order valence-electron chi connectivity index (χ4n) is 2.06. The van der Waals surface area contributed by atoms with Gasteiger partial charge in [0.25, 0.3) is 0 Å². The molecule has 2 rings (SSSR count). The number of ether oxygens (including phenoxy) is 1. The van der Waals surface area contributed by atoms with Crippen molar-refractivity contribution in [2.24, 2.45) is 0 Å². The van der Waals surface area contributed by atoms with Crippen molar-refractivity contribution in [3.05, 3.63) is 41.6 Å². The van der Waals surface area contributed by atoms with Crippen LogP contribution in [0.4, 0.5) is 11.8 Å². The Morgan fingerprint density at radius 3 is 2.62 bits per heavy atom. The van der Waals surface area contributed by atoms with Gasteiger partial charge in [0.15, 0.2) is 0 Å². The summed E-state index contributed by atoms with van der Waals surface area (Å²) in [6.07, 6.45) is 3.38. The molecule has 1 aromatic heterocycles. The number of aromatic nitrogens is 2. The van der Waals surface area contributed by atoms with E-state index in [4.69, 9.17) is 4.74 Å². The first kappa shape index (κ1) is 17.5. The van der Waals surface area contributed by atoms with Gasteiger partial charge in [0.1, 0.15) is 17.1 Å². The molecule has 0 atom stereocenters. The van der Waals surface area contributed by atoms with Gasteiger partial charge >= 0.3 is 5.97 Å². The Labute approximate surface area is 141 Å². The van der Waals surface area contributed by atoms with Gasteiger partial charge in [0, 0.05) is 19.3 Å². The van der Waals surface area contributed by atoms with Crippen molar-refractivity contribution < 1.29 is 14.6 Å². The number of unbranched alkanes of at least 4 members (excludes halogenated alkanes) is 1. The van der Waals surface area contributed by atoms with Crippen molar-refractivity contribution in [2.75, 3.05) is 24.3 Å². The Kier molecular flexibility index (Phi) is 6.36. The highest BCUT2D eigenvalue weighted by molar-refractivity contribution is 5.92. The van der Waals surface area contributed by atoms with Crippen LogP contribution in [0.15, 0.2) is 30.5 Å². The number of aromatic carboxylic acids is 1. The lowest BCUT2D eigenvalue weighted by atomic mass is 10.2. The zero-order valence-corrected chi connectivity index (χ0v) is 13.9. The zero-order valence-electron chi connectivity index (χ0n) is 13.9. The predicted octanol–water partition coefficient (Wildman–Crippen LogP) is 3.01. The fourth-order valence-corrected chi connectivity index (χ4v) is 2.06. The molecule has 7 heteroatoms. The van der Waals surface area contributed by atoms with E-state index in [1.165, 1.54) is 6.20 Å². The molecule has 2 aromatic rings. The maximum atomic E-state index is 11.3. The third-order valence-electron chi connectivity index (χ3n) is 3.45. The Hall–Kier alpha value is -2.83. The molecule has 0 unspecified atom stereocenters. The zero-order chi connectivity index (χ0) is 17.4.